The molecule has 6 nitrogen and oxygen atoms in total. The van der Waals surface area contributed by atoms with E-state index in [0.29, 0.717) is 6.42 Å². The van der Waals surface area contributed by atoms with E-state index in [1.807, 2.05) is 0 Å². The lowest BCUT2D eigenvalue weighted by molar-refractivity contribution is 0.0162. The van der Waals surface area contributed by atoms with Crippen molar-refractivity contribution in [1.82, 2.24) is 0 Å². The highest BCUT2D eigenvalue weighted by Crippen LogP contribution is 2.39. The molecule has 5 N–H and O–H groups in total. The van der Waals surface area contributed by atoms with Crippen LogP contribution in [0.4, 0.5) is 0 Å². The summed E-state index contributed by atoms with van der Waals surface area (Å²) in [7, 11) is -4.60. The number of unbranched alkanes of at least 4 members (excludes halogenated alkanes) is 12. The molecule has 0 aliphatic rings. The van der Waals surface area contributed by atoms with Crippen molar-refractivity contribution in [2.45, 2.75) is 115 Å². The second-order valence-electron chi connectivity index (χ2n) is 7.66. The van der Waals surface area contributed by atoms with E-state index in [9.17, 15) is 9.67 Å². The van der Waals surface area contributed by atoms with E-state index in [1.54, 1.807) is 0 Å². The Kier molecular flexibility index (Phi) is 18.6. The van der Waals surface area contributed by atoms with Crippen LogP contribution in [-0.4, -0.2) is 33.6 Å². The molecule has 2 unspecified atom stereocenters. The van der Waals surface area contributed by atoms with Crippen LogP contribution in [0.15, 0.2) is 12.2 Å². The van der Waals surface area contributed by atoms with E-state index in [-0.39, 0.29) is 6.54 Å². The number of aliphatic hydroxyl groups is 1. The van der Waals surface area contributed by atoms with E-state index in [4.69, 9.17) is 15.5 Å². The number of aliphatic hydroxyl groups excluding tert-OH is 1. The van der Waals surface area contributed by atoms with Gasteiger partial charge >= 0.3 is 7.82 Å². The smallest absolute Gasteiger partial charge is 0.389 e. The summed E-state index contributed by atoms with van der Waals surface area (Å²) in [6.07, 6.45) is 19.9. The third-order valence-electron chi connectivity index (χ3n) is 4.94. The van der Waals surface area contributed by atoms with Crippen molar-refractivity contribution >= 4 is 7.82 Å². The summed E-state index contributed by atoms with van der Waals surface area (Å²) in [6, 6.07) is 0. The van der Waals surface area contributed by atoms with E-state index >= 15 is 0 Å². The summed E-state index contributed by atoms with van der Waals surface area (Å²) in [5.74, 6) is 0. The molecule has 0 amide bonds. The fourth-order valence-electron chi connectivity index (χ4n) is 3.24. The molecule has 0 radical (unpaired) electrons. The van der Waals surface area contributed by atoms with Crippen molar-refractivity contribution in [2.75, 3.05) is 6.54 Å². The molecule has 0 saturated carbocycles. The van der Waals surface area contributed by atoms with Crippen molar-refractivity contribution in [3.63, 3.8) is 0 Å². The summed E-state index contributed by atoms with van der Waals surface area (Å²) >= 11 is 0. The number of nitrogens with two attached hydrogens (primary N) is 1. The summed E-state index contributed by atoms with van der Waals surface area (Å²) in [5, 5.41) is 9.71. The Morgan fingerprint density at radius 3 is 1.79 bits per heavy atom. The molecule has 0 heterocycles. The lowest BCUT2D eigenvalue weighted by Crippen LogP contribution is -2.34. The predicted molar refractivity (Wildman–Crippen MR) is 116 cm³/mol. The molecule has 0 rings (SSSR count). The summed E-state index contributed by atoms with van der Waals surface area (Å²) in [6.45, 7) is 2.18. The first-order chi connectivity index (χ1) is 13.4. The minimum Gasteiger partial charge on any atom is -0.389 e. The van der Waals surface area contributed by atoms with Crippen molar-refractivity contribution in [3.05, 3.63) is 12.2 Å². The van der Waals surface area contributed by atoms with Crippen molar-refractivity contribution in [3.8, 4) is 0 Å². The SMILES string of the molecule is CCCCCCCC/C=C\CCCCCCCCC(OP(=O)(O)O)C(O)CN. The van der Waals surface area contributed by atoms with Gasteiger partial charge in [-0.2, -0.15) is 0 Å². The van der Waals surface area contributed by atoms with Crippen molar-refractivity contribution < 1.29 is 24.0 Å². The average Bonchev–Trinajstić information content (AvgIpc) is 2.65. The Balaban J connectivity index is 3.53. The third-order valence-corrected chi connectivity index (χ3v) is 5.49. The molecule has 0 aromatic heterocycles. The zero-order chi connectivity index (χ0) is 21.1. The Hall–Kier alpha value is -0.230. The lowest BCUT2D eigenvalue weighted by atomic mass is 10.0. The van der Waals surface area contributed by atoms with Gasteiger partial charge in [0.05, 0.1) is 12.2 Å². The van der Waals surface area contributed by atoms with Gasteiger partial charge in [-0.15, -0.1) is 0 Å². The maximum absolute atomic E-state index is 10.9. The molecule has 0 aliphatic heterocycles. The molecule has 0 aromatic carbocycles. The monoisotopic (exact) mass is 421 g/mol. The summed E-state index contributed by atoms with van der Waals surface area (Å²) in [5.41, 5.74) is 5.36. The first-order valence-electron chi connectivity index (χ1n) is 11.2. The molecular weight excluding hydrogens is 377 g/mol. The number of phosphoric ester groups is 1. The Morgan fingerprint density at radius 1 is 0.857 bits per heavy atom. The topological polar surface area (TPSA) is 113 Å². The highest BCUT2D eigenvalue weighted by Gasteiger charge is 2.27. The molecule has 2 atom stereocenters. The number of rotatable bonds is 20. The van der Waals surface area contributed by atoms with Gasteiger partial charge in [0, 0.05) is 6.54 Å². The van der Waals surface area contributed by atoms with Crippen LogP contribution < -0.4 is 5.73 Å². The molecule has 168 valence electrons. The van der Waals surface area contributed by atoms with Gasteiger partial charge in [0.1, 0.15) is 0 Å². The molecular formula is C21H44NO5P. The lowest BCUT2D eigenvalue weighted by Gasteiger charge is -2.22. The van der Waals surface area contributed by atoms with Gasteiger partial charge in [0.25, 0.3) is 0 Å². The zero-order valence-electron chi connectivity index (χ0n) is 17.8. The molecule has 7 heteroatoms. The second-order valence-corrected chi connectivity index (χ2v) is 8.86. The maximum Gasteiger partial charge on any atom is 0.469 e. The van der Waals surface area contributed by atoms with Crippen molar-refractivity contribution in [2.24, 2.45) is 5.73 Å². The molecule has 0 aromatic rings. The quantitative estimate of drug-likeness (QED) is 0.122. The fraction of sp³-hybridized carbons (Fsp3) is 0.905. The maximum atomic E-state index is 10.9. The third kappa shape index (κ3) is 19.1. The van der Waals surface area contributed by atoms with Crippen molar-refractivity contribution in [1.29, 1.82) is 0 Å². The highest BCUT2D eigenvalue weighted by atomic mass is 31.2. The van der Waals surface area contributed by atoms with Crippen LogP contribution in [0.3, 0.4) is 0 Å². The van der Waals surface area contributed by atoms with Gasteiger partial charge in [0.2, 0.25) is 0 Å². The summed E-state index contributed by atoms with van der Waals surface area (Å²) in [4.78, 5) is 17.8. The van der Waals surface area contributed by atoms with E-state index in [1.165, 1.54) is 57.8 Å². The zero-order valence-corrected chi connectivity index (χ0v) is 18.7. The van der Waals surface area contributed by atoms with Gasteiger partial charge in [-0.3, -0.25) is 4.52 Å². The number of hydrogen-bond donors (Lipinski definition) is 4. The van der Waals surface area contributed by atoms with Gasteiger partial charge < -0.3 is 20.6 Å². The van der Waals surface area contributed by atoms with E-state index in [2.05, 4.69) is 23.6 Å². The van der Waals surface area contributed by atoms with Crippen LogP contribution in [0.1, 0.15) is 103 Å². The van der Waals surface area contributed by atoms with E-state index < -0.39 is 20.0 Å². The number of allylic oxidation sites excluding steroid dienone is 2. The van der Waals surface area contributed by atoms with Gasteiger partial charge in [0.15, 0.2) is 0 Å². The van der Waals surface area contributed by atoms with E-state index in [0.717, 1.165) is 32.1 Å². The largest absolute Gasteiger partial charge is 0.469 e. The van der Waals surface area contributed by atoms with Crippen LogP contribution in [0.25, 0.3) is 0 Å². The summed E-state index contributed by atoms with van der Waals surface area (Å²) < 4.78 is 15.6. The molecule has 28 heavy (non-hydrogen) atoms. The Bertz CT molecular complexity index is 414. The van der Waals surface area contributed by atoms with Crippen LogP contribution in [0.5, 0.6) is 0 Å². The molecule has 0 saturated heterocycles. The van der Waals surface area contributed by atoms with Crippen LogP contribution in [-0.2, 0) is 9.09 Å². The minimum atomic E-state index is -4.60. The number of hydrogen-bond acceptors (Lipinski definition) is 4. The second kappa shape index (κ2) is 18.8. The molecule has 0 spiro atoms. The first kappa shape index (κ1) is 27.8. The standard InChI is InChI=1S/C21H44NO5P/c1-2-3-4-5-6-7-8-9-10-11-12-13-14-15-16-17-18-21(20(23)19-22)27-28(24,25)26/h9-10,20-21,23H,2-8,11-19,22H2,1H3,(H2,24,25,26)/b10-9-. The normalized spacial score (nSPS) is 14.6. The van der Waals surface area contributed by atoms with Gasteiger partial charge in [-0.25, -0.2) is 4.57 Å². The average molecular weight is 422 g/mol. The first-order valence-corrected chi connectivity index (χ1v) is 12.7. The fourth-order valence-corrected chi connectivity index (χ4v) is 3.84. The van der Waals surface area contributed by atoms with Crippen LogP contribution in [0.2, 0.25) is 0 Å². The molecule has 0 fully saturated rings. The van der Waals surface area contributed by atoms with Crippen LogP contribution >= 0.6 is 7.82 Å². The number of phosphoric acid groups is 1. The molecule has 0 aliphatic carbocycles. The molecule has 0 bridgehead atoms. The van der Waals surface area contributed by atoms with Crippen LogP contribution in [0, 0.1) is 0 Å². The Labute approximate surface area is 172 Å². The Morgan fingerprint density at radius 2 is 1.32 bits per heavy atom. The predicted octanol–water partition coefficient (Wildman–Crippen LogP) is 5.21. The van der Waals surface area contributed by atoms with Gasteiger partial charge in [-0.05, 0) is 32.1 Å². The van der Waals surface area contributed by atoms with Gasteiger partial charge in [-0.1, -0.05) is 83.3 Å². The highest BCUT2D eigenvalue weighted by molar-refractivity contribution is 7.46. The minimum absolute atomic E-state index is 0.0724.